The van der Waals surface area contributed by atoms with Gasteiger partial charge in [0, 0.05) is 25.8 Å². The van der Waals surface area contributed by atoms with Gasteiger partial charge in [-0.2, -0.15) is 0 Å². The quantitative estimate of drug-likeness (QED) is 0.468. The number of rotatable bonds is 6. The Morgan fingerprint density at radius 3 is 2.64 bits per heavy atom. The van der Waals surface area contributed by atoms with Crippen LogP contribution in [0.15, 0.2) is 0 Å². The molecular weight excluding hydrogens is 138 g/mol. The van der Waals surface area contributed by atoms with Gasteiger partial charge in [0.15, 0.2) is 0 Å². The average molecular weight is 157 g/mol. The molecule has 1 heterocycles. The standard InChI is InChI=1S/C9H19NO/c1-3-8-9(10-8)6-4-5-7-11-2/h8-10H,3-7H2,1-2H3/t8?,9-/m0/s1. The van der Waals surface area contributed by atoms with Crippen LogP contribution in [0, 0.1) is 0 Å². The average Bonchev–Trinajstić information content (AvgIpc) is 2.77. The molecule has 0 aliphatic carbocycles. The summed E-state index contributed by atoms with van der Waals surface area (Å²) in [4.78, 5) is 0. The van der Waals surface area contributed by atoms with Crippen molar-refractivity contribution in [2.24, 2.45) is 0 Å². The predicted molar refractivity (Wildman–Crippen MR) is 46.7 cm³/mol. The minimum atomic E-state index is 0.830. The van der Waals surface area contributed by atoms with Crippen LogP contribution in [0.3, 0.4) is 0 Å². The molecule has 0 amide bonds. The third-order valence-corrected chi connectivity index (χ3v) is 2.36. The first-order chi connectivity index (χ1) is 5.38. The molecule has 1 aliphatic rings. The van der Waals surface area contributed by atoms with Crippen LogP contribution in [-0.4, -0.2) is 25.8 Å². The fraction of sp³-hybridized carbons (Fsp3) is 1.00. The maximum atomic E-state index is 4.98. The molecule has 0 spiro atoms. The molecule has 0 radical (unpaired) electrons. The van der Waals surface area contributed by atoms with Crippen LogP contribution < -0.4 is 5.32 Å². The van der Waals surface area contributed by atoms with Crippen molar-refractivity contribution in [1.82, 2.24) is 5.32 Å². The highest BCUT2D eigenvalue weighted by Crippen LogP contribution is 2.19. The summed E-state index contributed by atoms with van der Waals surface area (Å²) >= 11 is 0. The predicted octanol–water partition coefficient (Wildman–Crippen LogP) is 1.55. The second-order valence-electron chi connectivity index (χ2n) is 3.28. The second-order valence-corrected chi connectivity index (χ2v) is 3.28. The molecule has 0 aromatic heterocycles. The van der Waals surface area contributed by atoms with Gasteiger partial charge in [-0.1, -0.05) is 6.92 Å². The number of hydrogen-bond acceptors (Lipinski definition) is 2. The zero-order valence-corrected chi connectivity index (χ0v) is 7.60. The van der Waals surface area contributed by atoms with Gasteiger partial charge >= 0.3 is 0 Å². The largest absolute Gasteiger partial charge is 0.385 e. The van der Waals surface area contributed by atoms with E-state index in [2.05, 4.69) is 12.2 Å². The van der Waals surface area contributed by atoms with E-state index in [0.29, 0.717) is 0 Å². The Morgan fingerprint density at radius 2 is 2.09 bits per heavy atom. The second kappa shape index (κ2) is 4.73. The molecule has 1 unspecified atom stereocenters. The topological polar surface area (TPSA) is 31.2 Å². The lowest BCUT2D eigenvalue weighted by atomic mass is 10.1. The molecule has 1 rings (SSSR count). The molecule has 0 aromatic rings. The van der Waals surface area contributed by atoms with Crippen LogP contribution in [0.2, 0.25) is 0 Å². The fourth-order valence-corrected chi connectivity index (χ4v) is 1.52. The van der Waals surface area contributed by atoms with E-state index in [0.717, 1.165) is 18.7 Å². The minimum absolute atomic E-state index is 0.830. The Bertz CT molecular complexity index is 106. The van der Waals surface area contributed by atoms with Crippen LogP contribution >= 0.6 is 0 Å². The lowest BCUT2D eigenvalue weighted by Crippen LogP contribution is -1.95. The van der Waals surface area contributed by atoms with E-state index in [1.54, 1.807) is 7.11 Å². The van der Waals surface area contributed by atoms with E-state index in [4.69, 9.17) is 4.74 Å². The lowest BCUT2D eigenvalue weighted by Gasteiger charge is -1.97. The van der Waals surface area contributed by atoms with Gasteiger partial charge < -0.3 is 10.1 Å². The summed E-state index contributed by atoms with van der Waals surface area (Å²) in [5.41, 5.74) is 0. The number of unbranched alkanes of at least 4 members (excludes halogenated alkanes) is 1. The summed E-state index contributed by atoms with van der Waals surface area (Å²) in [6, 6.07) is 1.66. The van der Waals surface area contributed by atoms with Crippen molar-refractivity contribution in [3.8, 4) is 0 Å². The molecule has 2 nitrogen and oxygen atoms in total. The lowest BCUT2D eigenvalue weighted by molar-refractivity contribution is 0.192. The Balaban J connectivity index is 1.82. The van der Waals surface area contributed by atoms with E-state index in [1.165, 1.54) is 25.7 Å². The van der Waals surface area contributed by atoms with Crippen molar-refractivity contribution in [3.05, 3.63) is 0 Å². The van der Waals surface area contributed by atoms with Gasteiger partial charge in [0.05, 0.1) is 0 Å². The van der Waals surface area contributed by atoms with Crippen molar-refractivity contribution < 1.29 is 4.74 Å². The van der Waals surface area contributed by atoms with Crippen LogP contribution in [0.4, 0.5) is 0 Å². The van der Waals surface area contributed by atoms with Gasteiger partial charge in [0.25, 0.3) is 0 Å². The maximum absolute atomic E-state index is 4.98. The van der Waals surface area contributed by atoms with Crippen molar-refractivity contribution in [2.75, 3.05) is 13.7 Å². The zero-order chi connectivity index (χ0) is 8.10. The molecule has 11 heavy (non-hydrogen) atoms. The van der Waals surface area contributed by atoms with Crippen LogP contribution in [-0.2, 0) is 4.74 Å². The highest BCUT2D eigenvalue weighted by molar-refractivity contribution is 4.96. The molecular formula is C9H19NO. The summed E-state index contributed by atoms with van der Waals surface area (Å²) in [5.74, 6) is 0. The van der Waals surface area contributed by atoms with E-state index < -0.39 is 0 Å². The normalized spacial score (nSPS) is 28.9. The van der Waals surface area contributed by atoms with Crippen molar-refractivity contribution in [1.29, 1.82) is 0 Å². The van der Waals surface area contributed by atoms with Gasteiger partial charge in [-0.3, -0.25) is 0 Å². The van der Waals surface area contributed by atoms with Gasteiger partial charge in [-0.25, -0.2) is 0 Å². The van der Waals surface area contributed by atoms with Gasteiger partial charge in [0.2, 0.25) is 0 Å². The number of ether oxygens (including phenoxy) is 1. The monoisotopic (exact) mass is 157 g/mol. The molecule has 1 aliphatic heterocycles. The fourth-order valence-electron chi connectivity index (χ4n) is 1.52. The van der Waals surface area contributed by atoms with E-state index in [-0.39, 0.29) is 0 Å². The van der Waals surface area contributed by atoms with Gasteiger partial charge in [-0.05, 0) is 25.7 Å². The molecule has 0 aromatic carbocycles. The molecule has 2 atom stereocenters. The number of nitrogens with one attached hydrogen (secondary N) is 1. The van der Waals surface area contributed by atoms with Gasteiger partial charge in [-0.15, -0.1) is 0 Å². The third kappa shape index (κ3) is 3.21. The molecule has 0 saturated carbocycles. The van der Waals surface area contributed by atoms with E-state index >= 15 is 0 Å². The third-order valence-electron chi connectivity index (χ3n) is 2.36. The summed E-state index contributed by atoms with van der Waals surface area (Å²) in [7, 11) is 1.77. The SMILES string of the molecule is CCC1N[C@H]1CCCCOC. The summed E-state index contributed by atoms with van der Waals surface area (Å²) in [5, 5.41) is 3.45. The number of hydrogen-bond donors (Lipinski definition) is 1. The molecule has 0 bridgehead atoms. The molecule has 1 saturated heterocycles. The van der Waals surface area contributed by atoms with Crippen molar-refractivity contribution >= 4 is 0 Å². The van der Waals surface area contributed by atoms with E-state index in [9.17, 15) is 0 Å². The Morgan fingerprint density at radius 1 is 1.27 bits per heavy atom. The Kier molecular flexibility index (Phi) is 3.87. The molecule has 1 fully saturated rings. The molecule has 1 N–H and O–H groups in total. The first-order valence-electron chi connectivity index (χ1n) is 4.63. The number of methoxy groups -OCH3 is 1. The minimum Gasteiger partial charge on any atom is -0.385 e. The van der Waals surface area contributed by atoms with Crippen molar-refractivity contribution in [2.45, 2.75) is 44.7 Å². The first kappa shape index (κ1) is 9.01. The van der Waals surface area contributed by atoms with Crippen LogP contribution in [0.1, 0.15) is 32.6 Å². The highest BCUT2D eigenvalue weighted by atomic mass is 16.5. The first-order valence-corrected chi connectivity index (χ1v) is 4.63. The van der Waals surface area contributed by atoms with Crippen LogP contribution in [0.25, 0.3) is 0 Å². The summed E-state index contributed by atoms with van der Waals surface area (Å²) in [6.45, 7) is 3.16. The Hall–Kier alpha value is -0.0800. The molecule has 66 valence electrons. The van der Waals surface area contributed by atoms with E-state index in [1.807, 2.05) is 0 Å². The smallest absolute Gasteiger partial charge is 0.0462 e. The highest BCUT2D eigenvalue weighted by Gasteiger charge is 2.32. The summed E-state index contributed by atoms with van der Waals surface area (Å²) in [6.07, 6.45) is 5.14. The zero-order valence-electron chi connectivity index (χ0n) is 7.60. The summed E-state index contributed by atoms with van der Waals surface area (Å²) < 4.78 is 4.98. The van der Waals surface area contributed by atoms with Crippen LogP contribution in [0.5, 0.6) is 0 Å². The Labute approximate surface area is 69.3 Å². The van der Waals surface area contributed by atoms with Gasteiger partial charge in [0.1, 0.15) is 0 Å². The maximum Gasteiger partial charge on any atom is 0.0462 e. The van der Waals surface area contributed by atoms with Crippen molar-refractivity contribution in [3.63, 3.8) is 0 Å². The molecule has 2 heteroatoms.